The van der Waals surface area contributed by atoms with Gasteiger partial charge < -0.3 is 19.9 Å². The van der Waals surface area contributed by atoms with Gasteiger partial charge in [0.05, 0.1) is 24.0 Å². The van der Waals surface area contributed by atoms with Crippen LogP contribution in [0.1, 0.15) is 40.1 Å². The van der Waals surface area contributed by atoms with Crippen molar-refractivity contribution in [1.82, 2.24) is 0 Å². The number of carbonyl (C=O) groups is 2. The lowest BCUT2D eigenvalue weighted by atomic mass is 10.1. The first-order valence-electron chi connectivity index (χ1n) is 7.84. The number of carboxylic acids is 1. The minimum atomic E-state index is -1.08. The highest BCUT2D eigenvalue weighted by Gasteiger charge is 2.14. The van der Waals surface area contributed by atoms with E-state index in [0.29, 0.717) is 23.6 Å². The summed E-state index contributed by atoms with van der Waals surface area (Å²) in [5.41, 5.74) is 1.70. The van der Waals surface area contributed by atoms with Crippen LogP contribution in [0.15, 0.2) is 42.5 Å². The summed E-state index contributed by atoms with van der Waals surface area (Å²) in [6, 6.07) is 11.4. The van der Waals surface area contributed by atoms with Crippen LogP contribution in [0.2, 0.25) is 0 Å². The van der Waals surface area contributed by atoms with Crippen molar-refractivity contribution in [1.29, 1.82) is 0 Å². The molecule has 6 nitrogen and oxygen atoms in total. The van der Waals surface area contributed by atoms with E-state index in [0.717, 1.165) is 5.56 Å². The third-order valence-electron chi connectivity index (χ3n) is 3.34. The molecular formula is C19H21NO5. The third-order valence-corrected chi connectivity index (χ3v) is 3.34. The van der Waals surface area contributed by atoms with E-state index < -0.39 is 5.97 Å². The molecule has 0 aliphatic rings. The van der Waals surface area contributed by atoms with Crippen molar-refractivity contribution in [3.05, 3.63) is 59.2 Å². The fourth-order valence-electron chi connectivity index (χ4n) is 2.28. The SMILES string of the molecule is COCc1cccc(C(=O)Nc2cc(C(=O)O)ccc2OC(C)C)c1. The van der Waals surface area contributed by atoms with Crippen molar-refractivity contribution in [3.63, 3.8) is 0 Å². The Morgan fingerprint density at radius 1 is 1.12 bits per heavy atom. The van der Waals surface area contributed by atoms with Crippen LogP contribution in [0.3, 0.4) is 0 Å². The molecule has 0 aromatic heterocycles. The smallest absolute Gasteiger partial charge is 0.335 e. The van der Waals surface area contributed by atoms with E-state index in [1.165, 1.54) is 12.1 Å². The zero-order valence-electron chi connectivity index (χ0n) is 14.4. The molecule has 0 unspecified atom stereocenters. The third kappa shape index (κ3) is 5.06. The summed E-state index contributed by atoms with van der Waals surface area (Å²) in [6.07, 6.45) is -0.114. The summed E-state index contributed by atoms with van der Waals surface area (Å²) in [4.78, 5) is 23.7. The number of amides is 1. The van der Waals surface area contributed by atoms with Gasteiger partial charge in [0.1, 0.15) is 5.75 Å². The largest absolute Gasteiger partial charge is 0.489 e. The average Bonchev–Trinajstić information content (AvgIpc) is 2.56. The lowest BCUT2D eigenvalue weighted by Gasteiger charge is -2.16. The molecule has 0 spiro atoms. The van der Waals surface area contributed by atoms with E-state index in [2.05, 4.69) is 5.32 Å². The van der Waals surface area contributed by atoms with Gasteiger partial charge in [0.25, 0.3) is 5.91 Å². The molecule has 0 aliphatic carbocycles. The first-order valence-corrected chi connectivity index (χ1v) is 7.84. The van der Waals surface area contributed by atoms with Crippen molar-refractivity contribution in [2.45, 2.75) is 26.6 Å². The molecule has 2 aromatic rings. The van der Waals surface area contributed by atoms with Gasteiger partial charge in [-0.2, -0.15) is 0 Å². The maximum atomic E-state index is 12.5. The second-order valence-electron chi connectivity index (χ2n) is 5.77. The Balaban J connectivity index is 2.30. The van der Waals surface area contributed by atoms with E-state index in [4.69, 9.17) is 14.6 Å². The second kappa shape index (κ2) is 8.30. The Bertz CT molecular complexity index is 770. The van der Waals surface area contributed by atoms with Gasteiger partial charge in [-0.25, -0.2) is 4.79 Å². The number of carboxylic acid groups (broad SMARTS) is 1. The maximum absolute atomic E-state index is 12.5. The topological polar surface area (TPSA) is 84.9 Å². The van der Waals surface area contributed by atoms with Crippen LogP contribution in [0, 0.1) is 0 Å². The van der Waals surface area contributed by atoms with Gasteiger partial charge in [-0.05, 0) is 49.7 Å². The molecule has 6 heteroatoms. The van der Waals surface area contributed by atoms with Crippen LogP contribution < -0.4 is 10.1 Å². The summed E-state index contributed by atoms with van der Waals surface area (Å²) in [5, 5.41) is 11.9. The molecule has 0 radical (unpaired) electrons. The summed E-state index contributed by atoms with van der Waals surface area (Å²) in [5.74, 6) is -1.01. The Morgan fingerprint density at radius 3 is 2.52 bits per heavy atom. The number of aromatic carboxylic acids is 1. The second-order valence-corrected chi connectivity index (χ2v) is 5.77. The van der Waals surface area contributed by atoms with Crippen molar-refractivity contribution in [3.8, 4) is 5.75 Å². The molecule has 2 rings (SSSR count). The zero-order chi connectivity index (χ0) is 18.4. The van der Waals surface area contributed by atoms with E-state index in [1.54, 1.807) is 31.4 Å². The molecule has 0 heterocycles. The van der Waals surface area contributed by atoms with Crippen molar-refractivity contribution >= 4 is 17.6 Å². The van der Waals surface area contributed by atoms with Gasteiger partial charge in [-0.3, -0.25) is 4.79 Å². The molecule has 0 fully saturated rings. The zero-order valence-corrected chi connectivity index (χ0v) is 14.4. The summed E-state index contributed by atoms with van der Waals surface area (Å²) >= 11 is 0. The molecule has 0 atom stereocenters. The minimum Gasteiger partial charge on any atom is -0.489 e. The van der Waals surface area contributed by atoms with E-state index >= 15 is 0 Å². The average molecular weight is 343 g/mol. The van der Waals surface area contributed by atoms with Crippen molar-refractivity contribution < 1.29 is 24.2 Å². The first kappa shape index (κ1) is 18.5. The van der Waals surface area contributed by atoms with Gasteiger partial charge in [-0.15, -0.1) is 0 Å². The molecule has 0 saturated carbocycles. The molecule has 2 N–H and O–H groups in total. The Morgan fingerprint density at radius 2 is 1.88 bits per heavy atom. The van der Waals surface area contributed by atoms with E-state index in [9.17, 15) is 9.59 Å². The number of nitrogens with one attached hydrogen (secondary N) is 1. The van der Waals surface area contributed by atoms with Gasteiger partial charge >= 0.3 is 5.97 Å². The number of benzene rings is 2. The predicted molar refractivity (Wildman–Crippen MR) is 94.3 cm³/mol. The molecular weight excluding hydrogens is 322 g/mol. The standard InChI is InChI=1S/C19H21NO5/c1-12(2)25-17-8-7-15(19(22)23)10-16(17)20-18(21)14-6-4-5-13(9-14)11-24-3/h4-10,12H,11H2,1-3H3,(H,20,21)(H,22,23). The Labute approximate surface area is 146 Å². The van der Waals surface area contributed by atoms with Gasteiger partial charge in [0, 0.05) is 12.7 Å². The minimum absolute atomic E-state index is 0.0690. The number of carbonyl (C=O) groups excluding carboxylic acids is 1. The lowest BCUT2D eigenvalue weighted by Crippen LogP contribution is -2.15. The molecule has 132 valence electrons. The monoisotopic (exact) mass is 343 g/mol. The summed E-state index contributed by atoms with van der Waals surface area (Å²) < 4.78 is 10.7. The maximum Gasteiger partial charge on any atom is 0.335 e. The van der Waals surface area contributed by atoms with Crippen LogP contribution in [0.4, 0.5) is 5.69 Å². The quantitative estimate of drug-likeness (QED) is 0.803. The number of ether oxygens (including phenoxy) is 2. The summed E-state index contributed by atoms with van der Waals surface area (Å²) in [6.45, 7) is 4.10. The Hall–Kier alpha value is -2.86. The highest BCUT2D eigenvalue weighted by Crippen LogP contribution is 2.27. The van der Waals surface area contributed by atoms with Crippen LogP contribution in [-0.4, -0.2) is 30.2 Å². The molecule has 2 aromatic carbocycles. The fourth-order valence-corrected chi connectivity index (χ4v) is 2.28. The highest BCUT2D eigenvalue weighted by molar-refractivity contribution is 6.05. The number of hydrogen-bond acceptors (Lipinski definition) is 4. The molecule has 25 heavy (non-hydrogen) atoms. The number of rotatable bonds is 7. The van der Waals surface area contributed by atoms with Gasteiger partial charge in [0.15, 0.2) is 0 Å². The summed E-state index contributed by atoms with van der Waals surface area (Å²) in [7, 11) is 1.58. The number of methoxy groups -OCH3 is 1. The normalized spacial score (nSPS) is 10.6. The van der Waals surface area contributed by atoms with Gasteiger partial charge in [0.2, 0.25) is 0 Å². The van der Waals surface area contributed by atoms with Crippen LogP contribution in [-0.2, 0) is 11.3 Å². The Kier molecular flexibility index (Phi) is 6.14. The molecule has 1 amide bonds. The van der Waals surface area contributed by atoms with Crippen LogP contribution in [0.25, 0.3) is 0 Å². The predicted octanol–water partition coefficient (Wildman–Crippen LogP) is 3.57. The number of hydrogen-bond donors (Lipinski definition) is 2. The molecule has 0 aliphatic heterocycles. The van der Waals surface area contributed by atoms with E-state index in [-0.39, 0.29) is 17.6 Å². The number of anilines is 1. The van der Waals surface area contributed by atoms with E-state index in [1.807, 2.05) is 19.9 Å². The van der Waals surface area contributed by atoms with Crippen molar-refractivity contribution in [2.75, 3.05) is 12.4 Å². The van der Waals surface area contributed by atoms with Crippen LogP contribution >= 0.6 is 0 Å². The molecule has 0 bridgehead atoms. The first-order chi connectivity index (χ1) is 11.9. The van der Waals surface area contributed by atoms with Gasteiger partial charge in [-0.1, -0.05) is 12.1 Å². The van der Waals surface area contributed by atoms with Crippen LogP contribution in [0.5, 0.6) is 5.75 Å². The molecule has 0 saturated heterocycles. The van der Waals surface area contributed by atoms with Crippen molar-refractivity contribution in [2.24, 2.45) is 0 Å². The highest BCUT2D eigenvalue weighted by atomic mass is 16.5. The lowest BCUT2D eigenvalue weighted by molar-refractivity contribution is 0.0696. The fraction of sp³-hybridized carbons (Fsp3) is 0.263.